The fourth-order valence-electron chi connectivity index (χ4n) is 7.10. The Morgan fingerprint density at radius 1 is 0.533 bits per heavy atom. The molecule has 0 aromatic heterocycles. The van der Waals surface area contributed by atoms with Crippen LogP contribution in [0.4, 0.5) is 5.69 Å². The average molecular weight is 840 g/mol. The third kappa shape index (κ3) is 11.1. The molecule has 7 aromatic carbocycles. The standard InChI is InChI=1S/C50H44Cl2N2O6/c51-44-27-40(21-24-48(44)58-33-37-15-7-2-8-16-37)43(41-22-25-49(45(52)28-41)59-34-38-17-9-3-10-18-38)31-53(30-36-13-5-1-6-14-36)47(32-55)42-23-26-50(46(29-42)54(56)57)60-35-39-19-11-4-12-20-39/h1-29,43,47,55H,30-35H2/t47-/m0/s1. The summed E-state index contributed by atoms with van der Waals surface area (Å²) >= 11 is 13.9. The summed E-state index contributed by atoms with van der Waals surface area (Å²) in [5.41, 5.74) is 6.06. The Bertz CT molecular complexity index is 2360. The minimum absolute atomic E-state index is 0.144. The van der Waals surface area contributed by atoms with Gasteiger partial charge in [-0.15, -0.1) is 0 Å². The second kappa shape index (κ2) is 20.7. The van der Waals surface area contributed by atoms with Crippen molar-refractivity contribution in [2.75, 3.05) is 13.2 Å². The second-order valence-electron chi connectivity index (χ2n) is 14.4. The molecule has 0 aliphatic carbocycles. The molecule has 0 aliphatic rings. The quantitative estimate of drug-likeness (QED) is 0.0640. The Morgan fingerprint density at radius 3 is 1.35 bits per heavy atom. The number of hydrogen-bond donors (Lipinski definition) is 1. The van der Waals surface area contributed by atoms with E-state index in [0.29, 0.717) is 53.4 Å². The van der Waals surface area contributed by atoms with Gasteiger partial charge >= 0.3 is 5.69 Å². The molecule has 0 saturated carbocycles. The topological polar surface area (TPSA) is 94.3 Å². The number of halogens is 2. The number of rotatable bonds is 19. The second-order valence-corrected chi connectivity index (χ2v) is 15.2. The number of nitro groups is 1. The van der Waals surface area contributed by atoms with E-state index in [4.69, 9.17) is 37.4 Å². The van der Waals surface area contributed by atoms with Crippen molar-refractivity contribution in [3.63, 3.8) is 0 Å². The van der Waals surface area contributed by atoms with E-state index in [1.54, 1.807) is 12.1 Å². The molecule has 0 heterocycles. The zero-order valence-electron chi connectivity index (χ0n) is 32.8. The smallest absolute Gasteiger partial charge is 0.311 e. The number of aliphatic hydroxyl groups excluding tert-OH is 1. The van der Waals surface area contributed by atoms with E-state index >= 15 is 0 Å². The molecule has 1 N–H and O–H groups in total. The first-order valence-corrected chi connectivity index (χ1v) is 20.4. The van der Waals surface area contributed by atoms with Gasteiger partial charge in [0.15, 0.2) is 5.75 Å². The molecule has 7 rings (SSSR count). The van der Waals surface area contributed by atoms with E-state index in [0.717, 1.165) is 33.4 Å². The van der Waals surface area contributed by atoms with Gasteiger partial charge < -0.3 is 19.3 Å². The van der Waals surface area contributed by atoms with Crippen LogP contribution < -0.4 is 14.2 Å². The van der Waals surface area contributed by atoms with E-state index in [-0.39, 0.29) is 30.6 Å². The number of nitro benzene ring substituents is 1. The number of ether oxygens (including phenoxy) is 3. The van der Waals surface area contributed by atoms with Gasteiger partial charge in [0.1, 0.15) is 31.3 Å². The maximum absolute atomic E-state index is 12.5. The van der Waals surface area contributed by atoms with Crippen LogP contribution in [-0.4, -0.2) is 28.1 Å². The Hall–Kier alpha value is -6.16. The molecule has 1 atom stereocenters. The van der Waals surface area contributed by atoms with Gasteiger partial charge in [-0.2, -0.15) is 0 Å². The molecule has 0 radical (unpaired) electrons. The van der Waals surface area contributed by atoms with Crippen LogP contribution in [0.25, 0.3) is 0 Å². The molecule has 0 unspecified atom stereocenters. The van der Waals surface area contributed by atoms with E-state index < -0.39 is 11.0 Å². The molecule has 0 fully saturated rings. The first-order valence-electron chi connectivity index (χ1n) is 19.6. The SMILES string of the molecule is O=[N+]([O-])c1cc([C@H](CO)N(Cc2ccccc2)CC(c2ccc(OCc3ccccc3)c(Cl)c2)c2ccc(OCc3ccccc3)c(Cl)c2)ccc1OCc1ccccc1. The first kappa shape index (κ1) is 42.0. The Balaban J connectivity index is 1.24. The monoisotopic (exact) mass is 838 g/mol. The summed E-state index contributed by atoms with van der Waals surface area (Å²) in [6, 6.07) is 54.9. The molecule has 60 heavy (non-hydrogen) atoms. The lowest BCUT2D eigenvalue weighted by Gasteiger charge is -2.35. The van der Waals surface area contributed by atoms with E-state index in [2.05, 4.69) is 4.90 Å². The van der Waals surface area contributed by atoms with Gasteiger partial charge in [-0.05, 0) is 69.3 Å². The predicted octanol–water partition coefficient (Wildman–Crippen LogP) is 12.0. The number of hydrogen-bond acceptors (Lipinski definition) is 7. The molecule has 0 amide bonds. The molecular formula is C50H44Cl2N2O6. The minimum Gasteiger partial charge on any atom is -0.487 e. The van der Waals surface area contributed by atoms with Crippen LogP contribution in [-0.2, 0) is 26.4 Å². The molecule has 8 nitrogen and oxygen atoms in total. The summed E-state index contributed by atoms with van der Waals surface area (Å²) in [6.45, 7) is 1.34. The average Bonchev–Trinajstić information content (AvgIpc) is 3.28. The van der Waals surface area contributed by atoms with Crippen LogP contribution >= 0.6 is 23.2 Å². The molecule has 0 aliphatic heterocycles. The van der Waals surface area contributed by atoms with Crippen LogP contribution in [0.1, 0.15) is 50.9 Å². The van der Waals surface area contributed by atoms with Gasteiger partial charge in [0, 0.05) is 25.1 Å². The van der Waals surface area contributed by atoms with Crippen molar-refractivity contribution in [2.45, 2.75) is 38.3 Å². The maximum atomic E-state index is 12.5. The maximum Gasteiger partial charge on any atom is 0.311 e. The van der Waals surface area contributed by atoms with E-state index in [9.17, 15) is 15.2 Å². The van der Waals surface area contributed by atoms with Crippen molar-refractivity contribution >= 4 is 28.9 Å². The normalized spacial score (nSPS) is 11.7. The largest absolute Gasteiger partial charge is 0.487 e. The van der Waals surface area contributed by atoms with Crippen molar-refractivity contribution < 1.29 is 24.2 Å². The highest BCUT2D eigenvalue weighted by molar-refractivity contribution is 6.32. The van der Waals surface area contributed by atoms with Gasteiger partial charge in [0.25, 0.3) is 0 Å². The van der Waals surface area contributed by atoms with Gasteiger partial charge in [0.2, 0.25) is 0 Å². The van der Waals surface area contributed by atoms with Gasteiger partial charge in [0.05, 0.1) is 27.6 Å². The molecule has 0 saturated heterocycles. The van der Waals surface area contributed by atoms with Gasteiger partial charge in [-0.3, -0.25) is 15.0 Å². The minimum atomic E-state index is -0.650. The third-order valence-corrected chi connectivity index (χ3v) is 10.8. The molecule has 0 spiro atoms. The Morgan fingerprint density at radius 2 is 0.933 bits per heavy atom. The fraction of sp³-hybridized carbons (Fsp3) is 0.160. The Kier molecular flexibility index (Phi) is 14.5. The summed E-state index contributed by atoms with van der Waals surface area (Å²) < 4.78 is 18.2. The highest BCUT2D eigenvalue weighted by Gasteiger charge is 2.29. The summed E-state index contributed by atoms with van der Waals surface area (Å²) in [5.74, 6) is 0.890. The van der Waals surface area contributed by atoms with Gasteiger partial charge in [-0.1, -0.05) is 163 Å². The zero-order valence-corrected chi connectivity index (χ0v) is 34.3. The van der Waals surface area contributed by atoms with Gasteiger partial charge in [-0.25, -0.2) is 0 Å². The molecular weight excluding hydrogens is 795 g/mol. The van der Waals surface area contributed by atoms with Crippen molar-refractivity contribution in [2.24, 2.45) is 0 Å². The van der Waals surface area contributed by atoms with Crippen LogP contribution in [0.3, 0.4) is 0 Å². The lowest BCUT2D eigenvalue weighted by atomic mass is 9.89. The first-order chi connectivity index (χ1) is 29.3. The third-order valence-electron chi connectivity index (χ3n) is 10.3. The summed E-state index contributed by atoms with van der Waals surface area (Å²) in [5, 5.41) is 24.5. The highest BCUT2D eigenvalue weighted by atomic mass is 35.5. The molecule has 0 bridgehead atoms. The van der Waals surface area contributed by atoms with E-state index in [1.807, 2.05) is 158 Å². The van der Waals surface area contributed by atoms with Crippen LogP contribution in [0.15, 0.2) is 176 Å². The number of benzene rings is 7. The molecule has 304 valence electrons. The Labute approximate surface area is 360 Å². The number of aliphatic hydroxyl groups is 1. The lowest BCUT2D eigenvalue weighted by molar-refractivity contribution is -0.386. The molecule has 7 aromatic rings. The van der Waals surface area contributed by atoms with Crippen LogP contribution in [0, 0.1) is 10.1 Å². The van der Waals surface area contributed by atoms with Crippen LogP contribution in [0.5, 0.6) is 17.2 Å². The van der Waals surface area contributed by atoms with Crippen molar-refractivity contribution in [3.8, 4) is 17.2 Å². The fourth-order valence-corrected chi connectivity index (χ4v) is 7.59. The summed E-state index contributed by atoms with van der Waals surface area (Å²) in [4.78, 5) is 14.2. The van der Waals surface area contributed by atoms with Crippen molar-refractivity contribution in [3.05, 3.63) is 235 Å². The highest BCUT2D eigenvalue weighted by Crippen LogP contribution is 2.39. The summed E-state index contributed by atoms with van der Waals surface area (Å²) in [7, 11) is 0. The zero-order chi connectivity index (χ0) is 41.7. The van der Waals surface area contributed by atoms with Crippen LogP contribution in [0.2, 0.25) is 10.0 Å². The predicted molar refractivity (Wildman–Crippen MR) is 237 cm³/mol. The van der Waals surface area contributed by atoms with Crippen molar-refractivity contribution in [1.82, 2.24) is 4.90 Å². The summed E-state index contributed by atoms with van der Waals surface area (Å²) in [6.07, 6.45) is 0. The number of nitrogens with zero attached hydrogens (tertiary/aromatic N) is 2. The lowest BCUT2D eigenvalue weighted by Crippen LogP contribution is -2.35. The van der Waals surface area contributed by atoms with Crippen molar-refractivity contribution in [1.29, 1.82) is 0 Å². The van der Waals surface area contributed by atoms with E-state index in [1.165, 1.54) is 6.07 Å². The molecule has 10 heteroatoms.